The van der Waals surface area contributed by atoms with Gasteiger partial charge in [-0.2, -0.15) is 0 Å². The molecule has 272 valence electrons. The minimum Gasteiger partial charge on any atom is -0.310 e. The van der Waals surface area contributed by atoms with Gasteiger partial charge in [-0.15, -0.1) is 0 Å². The molecular weight excluding hydrogens is 723 g/mol. The van der Waals surface area contributed by atoms with Gasteiger partial charge in [-0.05, 0) is 82.4 Å². The first kappa shape index (κ1) is 33.0. The first-order chi connectivity index (χ1) is 28.8. The Bertz CT molecular complexity index is 2950. The van der Waals surface area contributed by atoms with E-state index in [4.69, 9.17) is 4.98 Å². The predicted octanol–water partition coefficient (Wildman–Crippen LogP) is 14.5. The van der Waals surface area contributed by atoms with Gasteiger partial charge in [0.25, 0.3) is 0 Å². The number of hydrogen-bond acceptors (Lipinski definition) is 4. The molecule has 8 aromatic carbocycles. The number of para-hydroxylation sites is 4. The molecule has 0 saturated carbocycles. The molecule has 58 heavy (non-hydrogen) atoms. The summed E-state index contributed by atoms with van der Waals surface area (Å²) in [6.45, 7) is 0. The van der Waals surface area contributed by atoms with E-state index in [-0.39, 0.29) is 0 Å². The van der Waals surface area contributed by atoms with Crippen LogP contribution in [0, 0.1) is 0 Å². The number of hydrogen-bond donors (Lipinski definition) is 0. The Morgan fingerprint density at radius 3 is 1.52 bits per heavy atom. The molecule has 3 aliphatic rings. The van der Waals surface area contributed by atoms with Crippen LogP contribution in [0.1, 0.15) is 22.3 Å². The van der Waals surface area contributed by atoms with Crippen molar-refractivity contribution in [3.05, 3.63) is 235 Å². The lowest BCUT2D eigenvalue weighted by Gasteiger charge is -2.45. The molecule has 0 unspecified atom stereocenters. The van der Waals surface area contributed by atoms with Crippen molar-refractivity contribution in [1.82, 2.24) is 4.98 Å². The Kier molecular flexibility index (Phi) is 7.38. The van der Waals surface area contributed by atoms with Gasteiger partial charge in [-0.3, -0.25) is 0 Å². The Labute approximate surface area is 342 Å². The van der Waals surface area contributed by atoms with Crippen LogP contribution in [-0.4, -0.2) is 4.98 Å². The smallest absolute Gasteiger partial charge is 0.0754 e. The molecule has 0 radical (unpaired) electrons. The summed E-state index contributed by atoms with van der Waals surface area (Å²) in [5, 5.41) is 0. The van der Waals surface area contributed by atoms with Gasteiger partial charge in [-0.25, -0.2) is 4.98 Å². The van der Waals surface area contributed by atoms with E-state index in [1.807, 2.05) is 11.8 Å². The highest BCUT2D eigenvalue weighted by Gasteiger charge is 2.53. The maximum atomic E-state index is 5.26. The predicted molar refractivity (Wildman–Crippen MR) is 239 cm³/mol. The van der Waals surface area contributed by atoms with Crippen LogP contribution >= 0.6 is 11.8 Å². The van der Waals surface area contributed by atoms with E-state index in [1.165, 1.54) is 60.2 Å². The van der Waals surface area contributed by atoms with E-state index in [0.717, 1.165) is 39.6 Å². The second-order valence-electron chi connectivity index (χ2n) is 15.1. The molecule has 9 aromatic rings. The Morgan fingerprint density at radius 1 is 0.379 bits per heavy atom. The fourth-order valence-electron chi connectivity index (χ4n) is 9.69. The third-order valence-electron chi connectivity index (χ3n) is 12.0. The first-order valence-electron chi connectivity index (χ1n) is 19.8. The summed E-state index contributed by atoms with van der Waals surface area (Å²) in [7, 11) is 0. The highest BCUT2D eigenvalue weighted by Crippen LogP contribution is 2.67. The number of anilines is 6. The molecule has 2 aliphatic heterocycles. The van der Waals surface area contributed by atoms with Gasteiger partial charge in [0.2, 0.25) is 0 Å². The topological polar surface area (TPSA) is 19.4 Å². The monoisotopic (exact) mass is 757 g/mol. The van der Waals surface area contributed by atoms with Gasteiger partial charge in [0.1, 0.15) is 0 Å². The second-order valence-corrected chi connectivity index (χ2v) is 16.1. The fraction of sp³-hybridized carbons (Fsp3) is 0.0185. The van der Waals surface area contributed by atoms with Crippen molar-refractivity contribution >= 4 is 45.9 Å². The lowest BCUT2D eigenvalue weighted by Crippen LogP contribution is -2.36. The van der Waals surface area contributed by atoms with Crippen LogP contribution in [0.2, 0.25) is 0 Å². The standard InChI is InChI=1S/C54H35N3S/c1-4-18-36(19-5-1)45-34-39(35-46(55-45)37-20-6-2-7-21-37)57-49-30-16-17-31-51(49)58-53-50(57)33-32-44-52(53)40-24-10-11-25-41(40)54(44)42-26-12-14-28-47(42)56(38-22-8-3-9-23-38)48-29-15-13-27-43(48)54/h1-35H. The molecule has 1 aliphatic carbocycles. The highest BCUT2D eigenvalue weighted by molar-refractivity contribution is 8.00. The lowest BCUT2D eigenvalue weighted by molar-refractivity contribution is 0.751. The van der Waals surface area contributed by atoms with Crippen molar-refractivity contribution in [3.63, 3.8) is 0 Å². The summed E-state index contributed by atoms with van der Waals surface area (Å²) in [5.74, 6) is 0. The molecule has 3 nitrogen and oxygen atoms in total. The molecule has 0 N–H and O–H groups in total. The van der Waals surface area contributed by atoms with Crippen LogP contribution in [-0.2, 0) is 5.41 Å². The zero-order valence-corrected chi connectivity index (χ0v) is 32.3. The molecule has 0 atom stereocenters. The number of benzene rings is 8. The molecule has 0 fully saturated rings. The number of rotatable bonds is 4. The SMILES string of the molecule is c1ccc(-c2cc(N3c4ccccc4Sc4c3ccc3c4-c4ccccc4C34c3ccccc3N(c3ccccc3)c3ccccc34)cc(-c3ccccc3)n2)cc1. The average molecular weight is 758 g/mol. The number of pyridine rings is 1. The highest BCUT2D eigenvalue weighted by atomic mass is 32.2. The molecular formula is C54H35N3S. The van der Waals surface area contributed by atoms with E-state index in [1.54, 1.807) is 0 Å². The van der Waals surface area contributed by atoms with Crippen LogP contribution in [0.25, 0.3) is 33.6 Å². The number of aromatic nitrogens is 1. The van der Waals surface area contributed by atoms with E-state index in [9.17, 15) is 0 Å². The van der Waals surface area contributed by atoms with Gasteiger partial charge in [0, 0.05) is 32.2 Å². The van der Waals surface area contributed by atoms with Crippen LogP contribution in [0.4, 0.5) is 34.1 Å². The van der Waals surface area contributed by atoms with Gasteiger partial charge >= 0.3 is 0 Å². The van der Waals surface area contributed by atoms with Crippen molar-refractivity contribution in [3.8, 4) is 33.6 Å². The normalized spacial score (nSPS) is 13.9. The van der Waals surface area contributed by atoms with Crippen LogP contribution in [0.3, 0.4) is 0 Å². The maximum absolute atomic E-state index is 5.26. The van der Waals surface area contributed by atoms with E-state index < -0.39 is 5.41 Å². The summed E-state index contributed by atoms with van der Waals surface area (Å²) >= 11 is 1.89. The van der Waals surface area contributed by atoms with Gasteiger partial charge in [0.05, 0.1) is 45.2 Å². The summed E-state index contributed by atoms with van der Waals surface area (Å²) < 4.78 is 0. The third-order valence-corrected chi connectivity index (χ3v) is 13.2. The average Bonchev–Trinajstić information content (AvgIpc) is 3.60. The summed E-state index contributed by atoms with van der Waals surface area (Å²) in [4.78, 5) is 12.7. The van der Waals surface area contributed by atoms with E-state index in [0.29, 0.717) is 0 Å². The molecule has 1 spiro atoms. The molecule has 0 amide bonds. The maximum Gasteiger partial charge on any atom is 0.0754 e. The minimum absolute atomic E-state index is 0.528. The molecule has 12 rings (SSSR count). The summed E-state index contributed by atoms with van der Waals surface area (Å²) in [5.41, 5.74) is 18.3. The molecule has 1 aromatic heterocycles. The van der Waals surface area contributed by atoms with E-state index >= 15 is 0 Å². The number of fused-ring (bicyclic) bond motifs is 12. The molecule has 4 heteroatoms. The Morgan fingerprint density at radius 2 is 0.879 bits per heavy atom. The second kappa shape index (κ2) is 13.0. The third kappa shape index (κ3) is 4.73. The number of nitrogens with zero attached hydrogens (tertiary/aromatic N) is 3. The van der Waals surface area contributed by atoms with E-state index in [2.05, 4.69) is 222 Å². The van der Waals surface area contributed by atoms with Gasteiger partial charge in [0.15, 0.2) is 0 Å². The first-order valence-corrected chi connectivity index (χ1v) is 20.6. The van der Waals surface area contributed by atoms with Crippen molar-refractivity contribution in [2.45, 2.75) is 15.2 Å². The quantitative estimate of drug-likeness (QED) is 0.178. The summed E-state index contributed by atoms with van der Waals surface area (Å²) in [6, 6.07) is 77.2. The lowest BCUT2D eigenvalue weighted by atomic mass is 9.64. The van der Waals surface area contributed by atoms with Crippen molar-refractivity contribution in [1.29, 1.82) is 0 Å². The van der Waals surface area contributed by atoms with Crippen LogP contribution < -0.4 is 9.80 Å². The largest absolute Gasteiger partial charge is 0.310 e. The zero-order valence-electron chi connectivity index (χ0n) is 31.5. The van der Waals surface area contributed by atoms with Gasteiger partial charge < -0.3 is 9.80 Å². The Balaban J connectivity index is 1.14. The zero-order chi connectivity index (χ0) is 38.2. The molecule has 3 heterocycles. The Hall–Kier alpha value is -7.14. The molecule has 0 bridgehead atoms. The van der Waals surface area contributed by atoms with Crippen molar-refractivity contribution < 1.29 is 0 Å². The fourth-order valence-corrected chi connectivity index (χ4v) is 10.9. The summed E-state index contributed by atoms with van der Waals surface area (Å²) in [6.07, 6.45) is 0. The minimum atomic E-state index is -0.528. The van der Waals surface area contributed by atoms with Gasteiger partial charge in [-0.1, -0.05) is 169 Å². The van der Waals surface area contributed by atoms with Crippen LogP contribution in [0.5, 0.6) is 0 Å². The van der Waals surface area contributed by atoms with Crippen molar-refractivity contribution in [2.24, 2.45) is 0 Å². The van der Waals surface area contributed by atoms with Crippen molar-refractivity contribution in [2.75, 3.05) is 9.80 Å². The molecule has 0 saturated heterocycles. The van der Waals surface area contributed by atoms with Crippen LogP contribution in [0.15, 0.2) is 222 Å².